The normalized spacial score (nSPS) is 19.8. The van der Waals surface area contributed by atoms with E-state index in [9.17, 15) is 27.2 Å². The fourth-order valence-electron chi connectivity index (χ4n) is 6.48. The van der Waals surface area contributed by atoms with Gasteiger partial charge in [-0.15, -0.1) is 0 Å². The Hall–Kier alpha value is -4.53. The molecule has 4 aromatic rings. The Morgan fingerprint density at radius 3 is 2.53 bits per heavy atom. The number of carbonyl (C=O) groups excluding carboxylic acids is 2. The van der Waals surface area contributed by atoms with Crippen molar-refractivity contribution in [3.8, 4) is 5.69 Å². The Morgan fingerprint density at radius 1 is 1.14 bits per heavy atom. The fraction of sp³-hybridized carbons (Fsp3) is 0.455. The summed E-state index contributed by atoms with van der Waals surface area (Å²) in [5.41, 5.74) is 4.67. The molecule has 0 spiro atoms. The van der Waals surface area contributed by atoms with Gasteiger partial charge in [0.1, 0.15) is 12.9 Å². The van der Waals surface area contributed by atoms with Crippen LogP contribution in [-0.4, -0.2) is 59.4 Å². The van der Waals surface area contributed by atoms with Crippen LogP contribution in [0.2, 0.25) is 5.02 Å². The number of rotatable bonds is 11. The number of nitrogens with zero attached hydrogens (tertiary/aromatic N) is 7. The zero-order chi connectivity index (χ0) is 35.5. The van der Waals surface area contributed by atoms with Crippen molar-refractivity contribution in [3.05, 3.63) is 77.4 Å². The lowest BCUT2D eigenvalue weighted by Gasteiger charge is -2.35. The van der Waals surface area contributed by atoms with Crippen molar-refractivity contribution in [2.24, 2.45) is 21.6 Å². The second-order valence-electron chi connectivity index (χ2n) is 14.0. The molecule has 0 saturated heterocycles. The molecule has 3 aromatic heterocycles. The molecule has 11 nitrogen and oxygen atoms in total. The number of halogens is 5. The topological polar surface area (TPSA) is 133 Å². The predicted octanol–water partition coefficient (Wildman–Crippen LogP) is 6.40. The van der Waals surface area contributed by atoms with E-state index in [0.29, 0.717) is 11.1 Å². The molecule has 4 heterocycles. The van der Waals surface area contributed by atoms with Crippen LogP contribution < -0.4 is 5.73 Å². The first kappa shape index (κ1) is 34.3. The molecule has 16 heteroatoms. The van der Waals surface area contributed by atoms with Gasteiger partial charge < -0.3 is 14.9 Å². The van der Waals surface area contributed by atoms with E-state index < -0.39 is 65.5 Å². The van der Waals surface area contributed by atoms with Gasteiger partial charge in [-0.2, -0.15) is 5.10 Å². The number of amides is 1. The number of ether oxygens (including phenoxy) is 1. The van der Waals surface area contributed by atoms with Gasteiger partial charge in [0.15, 0.2) is 17.3 Å². The van der Waals surface area contributed by atoms with Crippen molar-refractivity contribution in [2.75, 3.05) is 6.61 Å². The van der Waals surface area contributed by atoms with Gasteiger partial charge in [0, 0.05) is 11.6 Å². The SMILES string of the molecule is CC(C)(C)C[C@]1(c2ccn3cncc3c2)N=C(N)N([C@H](COC(=O)CC2(C(C)(F)F)CC2)c2ccc(Cl)c(-n3ncnc3C(F)F)c2)C1=O. The summed E-state index contributed by atoms with van der Waals surface area (Å²) < 4.78 is 64.5. The molecule has 0 unspecified atom stereocenters. The molecule has 2 aliphatic rings. The first-order valence-corrected chi connectivity index (χ1v) is 16.0. The standard InChI is InChI=1S/C33H35ClF4N8O3/c1-30(2,3)16-33(20-7-10-44-18-40-14-21(44)12-20)28(48)45(29(39)43-33)24(15-49-25(47)13-32(8-9-32)31(4,37)38)19-5-6-22(34)23(11-19)46-27(26(35)36)41-17-42-46/h5-7,10-12,14,17-18,24,26H,8-9,13,15-16H2,1-4H3,(H2,39,43)/t24-,33-/m1/s1. The van der Waals surface area contributed by atoms with Crippen LogP contribution in [-0.2, 0) is 19.9 Å². The first-order valence-electron chi connectivity index (χ1n) is 15.6. The summed E-state index contributed by atoms with van der Waals surface area (Å²) in [5, 5.41) is 3.95. The van der Waals surface area contributed by atoms with E-state index in [4.69, 9.17) is 27.1 Å². The molecule has 1 amide bonds. The van der Waals surface area contributed by atoms with Gasteiger partial charge in [-0.25, -0.2) is 37.2 Å². The minimum atomic E-state index is -3.10. The highest BCUT2D eigenvalue weighted by Crippen LogP contribution is 2.59. The Kier molecular flexibility index (Phi) is 8.49. The molecule has 1 aromatic carbocycles. The molecule has 2 atom stereocenters. The molecular formula is C33H35ClF4N8O3. The summed E-state index contributed by atoms with van der Waals surface area (Å²) in [5.74, 6) is -5.37. The number of nitrogens with two attached hydrogens (primary N) is 1. The maximum Gasteiger partial charge on any atom is 0.306 e. The lowest BCUT2D eigenvalue weighted by molar-refractivity contribution is -0.153. The number of imidazole rings is 1. The van der Waals surface area contributed by atoms with Crippen LogP contribution in [0.15, 0.2) is 60.4 Å². The van der Waals surface area contributed by atoms with E-state index in [1.54, 1.807) is 35.3 Å². The zero-order valence-electron chi connectivity index (χ0n) is 27.2. The van der Waals surface area contributed by atoms with Gasteiger partial charge in [0.25, 0.3) is 18.3 Å². The second kappa shape index (κ2) is 12.1. The molecule has 1 fully saturated rings. The number of hydrogen-bond acceptors (Lipinski definition) is 8. The van der Waals surface area contributed by atoms with E-state index in [-0.39, 0.29) is 41.5 Å². The molecule has 1 saturated carbocycles. The van der Waals surface area contributed by atoms with Crippen molar-refractivity contribution in [1.82, 2.24) is 29.0 Å². The number of hydrogen-bond donors (Lipinski definition) is 1. The number of aromatic nitrogens is 5. The van der Waals surface area contributed by atoms with Crippen molar-refractivity contribution < 1.29 is 31.9 Å². The summed E-state index contributed by atoms with van der Waals surface area (Å²) in [6, 6.07) is 6.72. The van der Waals surface area contributed by atoms with Crippen LogP contribution in [0.1, 0.15) is 82.8 Å². The van der Waals surface area contributed by atoms with Crippen LogP contribution in [0.4, 0.5) is 17.6 Å². The molecule has 1 aliphatic heterocycles. The van der Waals surface area contributed by atoms with Crippen molar-refractivity contribution in [3.63, 3.8) is 0 Å². The van der Waals surface area contributed by atoms with E-state index in [1.807, 2.05) is 20.8 Å². The highest BCUT2D eigenvalue weighted by atomic mass is 35.5. The van der Waals surface area contributed by atoms with Crippen LogP contribution in [0.25, 0.3) is 11.2 Å². The molecule has 0 radical (unpaired) electrons. The third-order valence-electron chi connectivity index (χ3n) is 9.14. The fourth-order valence-corrected chi connectivity index (χ4v) is 6.67. The zero-order valence-corrected chi connectivity index (χ0v) is 28.0. The monoisotopic (exact) mass is 702 g/mol. The number of esters is 1. The van der Waals surface area contributed by atoms with Crippen LogP contribution in [0, 0.1) is 10.8 Å². The van der Waals surface area contributed by atoms with Gasteiger partial charge in [-0.1, -0.05) is 38.4 Å². The molecule has 0 bridgehead atoms. The van der Waals surface area contributed by atoms with Crippen molar-refractivity contribution in [1.29, 1.82) is 0 Å². The minimum Gasteiger partial charge on any atom is -0.463 e. The maximum absolute atomic E-state index is 14.9. The van der Waals surface area contributed by atoms with Crippen LogP contribution in [0.5, 0.6) is 0 Å². The Labute approximate surface area is 284 Å². The lowest BCUT2D eigenvalue weighted by atomic mass is 9.75. The third kappa shape index (κ3) is 6.35. The van der Waals surface area contributed by atoms with E-state index in [1.165, 1.54) is 23.1 Å². The van der Waals surface area contributed by atoms with Crippen LogP contribution >= 0.6 is 11.6 Å². The van der Waals surface area contributed by atoms with E-state index in [0.717, 1.165) is 17.9 Å². The molecule has 1 aliphatic carbocycles. The molecule has 2 N–H and O–H groups in total. The first-order chi connectivity index (χ1) is 22.9. The Morgan fingerprint density at radius 2 is 1.88 bits per heavy atom. The second-order valence-corrected chi connectivity index (χ2v) is 14.4. The Bertz CT molecular complexity index is 1950. The van der Waals surface area contributed by atoms with Crippen molar-refractivity contribution >= 4 is 35.0 Å². The molecule has 6 rings (SSSR count). The Balaban J connectivity index is 1.43. The quantitative estimate of drug-likeness (QED) is 0.141. The number of carbonyl (C=O) groups is 2. The summed E-state index contributed by atoms with van der Waals surface area (Å²) >= 11 is 6.45. The smallest absolute Gasteiger partial charge is 0.306 e. The van der Waals surface area contributed by atoms with E-state index >= 15 is 0 Å². The average molecular weight is 703 g/mol. The largest absolute Gasteiger partial charge is 0.463 e. The summed E-state index contributed by atoms with van der Waals surface area (Å²) in [7, 11) is 0. The summed E-state index contributed by atoms with van der Waals surface area (Å²) in [6.07, 6.45) is 3.01. The number of fused-ring (bicyclic) bond motifs is 1. The average Bonchev–Trinajstić information content (AvgIpc) is 3.33. The highest BCUT2D eigenvalue weighted by Gasteiger charge is 2.60. The maximum atomic E-state index is 14.9. The predicted molar refractivity (Wildman–Crippen MR) is 171 cm³/mol. The number of pyridine rings is 1. The van der Waals surface area contributed by atoms with Crippen molar-refractivity contribution in [2.45, 2.75) is 77.3 Å². The number of benzene rings is 1. The van der Waals surface area contributed by atoms with Gasteiger partial charge in [-0.05, 0) is 67.0 Å². The highest BCUT2D eigenvalue weighted by molar-refractivity contribution is 6.32. The number of alkyl halides is 4. The molecular weight excluding hydrogens is 668 g/mol. The number of guanidine groups is 1. The van der Waals surface area contributed by atoms with Gasteiger partial charge >= 0.3 is 5.97 Å². The summed E-state index contributed by atoms with van der Waals surface area (Å²) in [4.78, 5) is 41.7. The van der Waals surface area contributed by atoms with Crippen LogP contribution in [0.3, 0.4) is 0 Å². The van der Waals surface area contributed by atoms with E-state index in [2.05, 4.69) is 15.1 Å². The van der Waals surface area contributed by atoms with Gasteiger partial charge in [0.2, 0.25) is 0 Å². The summed E-state index contributed by atoms with van der Waals surface area (Å²) in [6.45, 7) is 6.12. The van der Waals surface area contributed by atoms with Gasteiger partial charge in [0.05, 0.1) is 41.2 Å². The molecule has 260 valence electrons. The minimum absolute atomic E-state index is 0.0140. The number of aliphatic imine (C=N–C) groups is 1. The third-order valence-corrected chi connectivity index (χ3v) is 9.46. The molecule has 49 heavy (non-hydrogen) atoms. The van der Waals surface area contributed by atoms with Gasteiger partial charge in [-0.3, -0.25) is 14.5 Å². The lowest BCUT2D eigenvalue weighted by Crippen LogP contribution is -2.47.